The molecule has 0 aromatic rings. The predicted octanol–water partition coefficient (Wildman–Crippen LogP) is -4.56. The summed E-state index contributed by atoms with van der Waals surface area (Å²) < 4.78 is 0. The van der Waals surface area contributed by atoms with Crippen LogP contribution in [-0.4, -0.2) is 129 Å². The highest BCUT2D eigenvalue weighted by molar-refractivity contribution is 5.97. The Bertz CT molecular complexity index is 1230. The first kappa shape index (κ1) is 46.6. The van der Waals surface area contributed by atoms with E-state index in [1.54, 1.807) is 27.7 Å². The Labute approximate surface area is 296 Å². The van der Waals surface area contributed by atoms with Crippen LogP contribution in [0.3, 0.4) is 0 Å². The molecule has 0 saturated carbocycles. The number of carbonyl (C=O) groups excluding carboxylic acids is 7. The summed E-state index contributed by atoms with van der Waals surface area (Å²) in [4.78, 5) is 100. The van der Waals surface area contributed by atoms with Crippen LogP contribution in [0, 0.1) is 11.8 Å². The molecule has 0 spiro atoms. The SMILES string of the molecule is CC[C@H](C)[C@H](NC(=O)[C@H](CO)NC(=O)[C@H](CC(C)C)NC(=O)[C@@H](NC(=O)[C@@H](NC(=O)[C@H](C)NC(=O)[C@@H](N)CCC(N)=O)[C@@H](C)O)[C@@H](C)O)C(=O)O. The molecule has 7 amide bonds. The van der Waals surface area contributed by atoms with Gasteiger partial charge in [-0.15, -0.1) is 0 Å². The number of nitrogens with two attached hydrogens (primary N) is 2. The summed E-state index contributed by atoms with van der Waals surface area (Å²) >= 11 is 0. The van der Waals surface area contributed by atoms with E-state index in [1.807, 2.05) is 0 Å². The lowest BCUT2D eigenvalue weighted by Crippen LogP contribution is -2.63. The van der Waals surface area contributed by atoms with Crippen molar-refractivity contribution in [2.45, 2.75) is 129 Å². The molecule has 20 heteroatoms. The molecule has 0 aromatic carbocycles. The van der Waals surface area contributed by atoms with E-state index in [2.05, 4.69) is 31.9 Å². The van der Waals surface area contributed by atoms with Gasteiger partial charge in [-0.05, 0) is 45.4 Å². The first-order chi connectivity index (χ1) is 23.6. The van der Waals surface area contributed by atoms with E-state index in [4.69, 9.17) is 11.5 Å². The first-order valence-electron chi connectivity index (χ1n) is 16.6. The van der Waals surface area contributed by atoms with Gasteiger partial charge < -0.3 is 63.8 Å². The number of rotatable bonds is 23. The van der Waals surface area contributed by atoms with Crippen LogP contribution in [0.15, 0.2) is 0 Å². The van der Waals surface area contributed by atoms with E-state index in [-0.39, 0.29) is 25.2 Å². The molecule has 0 aliphatic rings. The van der Waals surface area contributed by atoms with Crippen molar-refractivity contribution >= 4 is 47.3 Å². The summed E-state index contributed by atoms with van der Waals surface area (Å²) in [5.74, 6) is -8.50. The van der Waals surface area contributed by atoms with Crippen molar-refractivity contribution < 1.29 is 58.8 Å². The van der Waals surface area contributed by atoms with Gasteiger partial charge in [0.1, 0.15) is 36.3 Å². The maximum absolute atomic E-state index is 13.3. The monoisotopic (exact) mass is 732 g/mol. The first-order valence-corrected chi connectivity index (χ1v) is 16.6. The molecule has 0 bridgehead atoms. The minimum Gasteiger partial charge on any atom is -0.480 e. The van der Waals surface area contributed by atoms with Gasteiger partial charge in [-0.1, -0.05) is 34.1 Å². The highest BCUT2D eigenvalue weighted by Gasteiger charge is 2.36. The fraction of sp³-hybridized carbons (Fsp3) is 0.742. The van der Waals surface area contributed by atoms with Gasteiger partial charge in [-0.2, -0.15) is 0 Å². The molecule has 0 aliphatic heterocycles. The zero-order valence-corrected chi connectivity index (χ0v) is 30.1. The molecule has 0 rings (SSSR count). The summed E-state index contributed by atoms with van der Waals surface area (Å²) in [7, 11) is 0. The average Bonchev–Trinajstić information content (AvgIpc) is 3.03. The molecule has 0 saturated heterocycles. The van der Waals surface area contributed by atoms with Gasteiger partial charge in [-0.25, -0.2) is 4.79 Å². The van der Waals surface area contributed by atoms with Crippen molar-refractivity contribution in [1.82, 2.24) is 31.9 Å². The zero-order chi connectivity index (χ0) is 39.7. The van der Waals surface area contributed by atoms with Crippen LogP contribution in [0.1, 0.15) is 74.1 Å². The molecule has 20 nitrogen and oxygen atoms in total. The van der Waals surface area contributed by atoms with Crippen LogP contribution >= 0.6 is 0 Å². The van der Waals surface area contributed by atoms with Crippen molar-refractivity contribution in [3.63, 3.8) is 0 Å². The van der Waals surface area contributed by atoms with Crippen molar-refractivity contribution in [3.05, 3.63) is 0 Å². The molecule has 10 atom stereocenters. The van der Waals surface area contributed by atoms with Gasteiger partial charge in [0, 0.05) is 6.42 Å². The van der Waals surface area contributed by atoms with Crippen molar-refractivity contribution in [3.8, 4) is 0 Å². The molecular formula is C31H56N8O12. The molecule has 292 valence electrons. The summed E-state index contributed by atoms with van der Waals surface area (Å²) in [5, 5.41) is 53.7. The maximum Gasteiger partial charge on any atom is 0.326 e. The molecule has 0 aromatic heterocycles. The molecule has 0 fully saturated rings. The second-order valence-corrected chi connectivity index (χ2v) is 12.9. The number of carbonyl (C=O) groups is 8. The van der Waals surface area contributed by atoms with E-state index >= 15 is 0 Å². The van der Waals surface area contributed by atoms with Crippen LogP contribution in [0.5, 0.6) is 0 Å². The number of aliphatic hydroxyl groups is 3. The van der Waals surface area contributed by atoms with Crippen LogP contribution in [0.25, 0.3) is 0 Å². The van der Waals surface area contributed by atoms with E-state index in [9.17, 15) is 58.8 Å². The number of primary amides is 1. The molecule has 14 N–H and O–H groups in total. The van der Waals surface area contributed by atoms with Gasteiger partial charge in [0.25, 0.3) is 0 Å². The predicted molar refractivity (Wildman–Crippen MR) is 181 cm³/mol. The second kappa shape index (κ2) is 22.4. The van der Waals surface area contributed by atoms with E-state index < -0.39 is 114 Å². The Morgan fingerprint density at radius 2 is 1.08 bits per heavy atom. The zero-order valence-electron chi connectivity index (χ0n) is 30.1. The van der Waals surface area contributed by atoms with Crippen molar-refractivity contribution in [2.75, 3.05) is 6.61 Å². The second-order valence-electron chi connectivity index (χ2n) is 12.9. The third kappa shape index (κ3) is 16.4. The lowest BCUT2D eigenvalue weighted by atomic mass is 9.99. The summed E-state index contributed by atoms with van der Waals surface area (Å²) in [6.07, 6.45) is -2.98. The number of carboxylic acid groups (broad SMARTS) is 1. The third-order valence-corrected chi connectivity index (χ3v) is 7.85. The van der Waals surface area contributed by atoms with Crippen molar-refractivity contribution in [2.24, 2.45) is 23.3 Å². The smallest absolute Gasteiger partial charge is 0.326 e. The van der Waals surface area contributed by atoms with Gasteiger partial charge in [0.2, 0.25) is 41.4 Å². The van der Waals surface area contributed by atoms with Crippen LogP contribution in [-0.2, 0) is 38.4 Å². The number of aliphatic hydroxyl groups excluding tert-OH is 3. The molecule has 51 heavy (non-hydrogen) atoms. The van der Waals surface area contributed by atoms with Gasteiger partial charge in [0.15, 0.2) is 0 Å². The number of carboxylic acids is 1. The van der Waals surface area contributed by atoms with Gasteiger partial charge >= 0.3 is 5.97 Å². The van der Waals surface area contributed by atoms with Crippen LogP contribution < -0.4 is 43.4 Å². The Morgan fingerprint density at radius 1 is 0.627 bits per heavy atom. The lowest BCUT2D eigenvalue weighted by Gasteiger charge is -2.29. The fourth-order valence-corrected chi connectivity index (χ4v) is 4.51. The summed E-state index contributed by atoms with van der Waals surface area (Å²) in [6.45, 7) is 9.42. The Morgan fingerprint density at radius 3 is 1.51 bits per heavy atom. The highest BCUT2D eigenvalue weighted by Crippen LogP contribution is 2.10. The molecule has 0 aliphatic carbocycles. The van der Waals surface area contributed by atoms with Crippen LogP contribution in [0.2, 0.25) is 0 Å². The fourth-order valence-electron chi connectivity index (χ4n) is 4.51. The third-order valence-electron chi connectivity index (χ3n) is 7.85. The number of aliphatic carboxylic acids is 1. The van der Waals surface area contributed by atoms with Crippen molar-refractivity contribution in [1.29, 1.82) is 0 Å². The Hall–Kier alpha value is -4.40. The Kier molecular flexibility index (Phi) is 20.5. The van der Waals surface area contributed by atoms with Gasteiger partial charge in [0.05, 0.1) is 24.9 Å². The topological polar surface area (TPSA) is 342 Å². The average molecular weight is 733 g/mol. The van der Waals surface area contributed by atoms with Crippen LogP contribution in [0.4, 0.5) is 0 Å². The minimum absolute atomic E-state index is 0.00934. The standard InChI is InChI=1S/C31H56N8O12/c1-8-14(4)22(31(50)51)37-28(47)20(12-40)36-27(46)19(11-13(2)3)35-29(48)23(16(6)41)39-30(49)24(17(7)42)38-25(44)15(5)34-26(45)18(32)9-10-21(33)43/h13-20,22-24,40-42H,8-12,32H2,1-7H3,(H2,33,43)(H,34,45)(H,35,48)(H,36,46)(H,37,47)(H,38,44)(H,39,49)(H,50,51)/t14-,15-,16+,17+,18-,19-,20-,22-,23-,24-/m0/s1. The summed E-state index contributed by atoms with van der Waals surface area (Å²) in [5.41, 5.74) is 10.7. The van der Waals surface area contributed by atoms with E-state index in [0.717, 1.165) is 13.8 Å². The Balaban J connectivity index is 5.82. The molecule has 0 unspecified atom stereocenters. The quantitative estimate of drug-likeness (QED) is 0.0471. The van der Waals surface area contributed by atoms with Gasteiger partial charge in [-0.3, -0.25) is 33.6 Å². The highest BCUT2D eigenvalue weighted by atomic mass is 16.4. The maximum atomic E-state index is 13.3. The summed E-state index contributed by atoms with van der Waals surface area (Å²) in [6, 6.07) is -10.1. The number of hydrogen-bond donors (Lipinski definition) is 12. The number of amides is 7. The minimum atomic E-state index is -1.73. The molecule has 0 radical (unpaired) electrons. The number of nitrogens with one attached hydrogen (secondary N) is 6. The number of hydrogen-bond acceptors (Lipinski definition) is 12. The normalized spacial score (nSPS) is 17.1. The van der Waals surface area contributed by atoms with E-state index in [1.165, 1.54) is 6.92 Å². The largest absolute Gasteiger partial charge is 0.480 e. The molecular weight excluding hydrogens is 676 g/mol. The lowest BCUT2D eigenvalue weighted by molar-refractivity contribution is -0.144. The molecule has 0 heterocycles. The van der Waals surface area contributed by atoms with E-state index in [0.29, 0.717) is 6.42 Å².